The number of cyclic esters (lactones) is 2. The highest BCUT2D eigenvalue weighted by molar-refractivity contribution is 7.17. The fourth-order valence-corrected chi connectivity index (χ4v) is 2.55. The van der Waals surface area contributed by atoms with Crippen molar-refractivity contribution < 1.29 is 14.3 Å². The maximum atomic E-state index is 11.2. The van der Waals surface area contributed by atoms with Crippen molar-refractivity contribution in [3.63, 3.8) is 0 Å². The number of thiophene rings is 1. The highest BCUT2D eigenvalue weighted by atomic mass is 35.5. The second-order valence-corrected chi connectivity index (χ2v) is 4.31. The summed E-state index contributed by atoms with van der Waals surface area (Å²) in [7, 11) is 0. The maximum absolute atomic E-state index is 11.2. The number of aromatic nitrogens is 1. The van der Waals surface area contributed by atoms with Crippen LogP contribution in [0.25, 0.3) is 10.2 Å². The van der Waals surface area contributed by atoms with Crippen LogP contribution in [0.5, 0.6) is 0 Å². The predicted octanol–water partition coefficient (Wildman–Crippen LogP) is 2.26. The van der Waals surface area contributed by atoms with Gasteiger partial charge in [-0.1, -0.05) is 11.6 Å². The van der Waals surface area contributed by atoms with Crippen molar-refractivity contribution in [1.29, 1.82) is 0 Å². The van der Waals surface area contributed by atoms with Crippen LogP contribution in [0.15, 0.2) is 11.4 Å². The van der Waals surface area contributed by atoms with Gasteiger partial charge in [0.2, 0.25) is 0 Å². The molecule has 0 aromatic carbocycles. The SMILES string of the molecule is O=C1OC(=O)c2nc3c(Cl)csc3cc21. The first kappa shape index (κ1) is 8.82. The Labute approximate surface area is 92.4 Å². The van der Waals surface area contributed by atoms with Crippen LogP contribution < -0.4 is 0 Å². The fourth-order valence-electron chi connectivity index (χ4n) is 1.43. The van der Waals surface area contributed by atoms with Crippen LogP contribution in [-0.4, -0.2) is 16.9 Å². The smallest absolute Gasteiger partial charge is 0.365 e. The van der Waals surface area contributed by atoms with E-state index in [1.54, 1.807) is 11.4 Å². The van der Waals surface area contributed by atoms with Gasteiger partial charge in [-0.3, -0.25) is 0 Å². The van der Waals surface area contributed by atoms with E-state index in [4.69, 9.17) is 11.6 Å². The standard InChI is InChI=1S/C9H2ClNO3S/c10-4-2-15-5-1-3-6(11-7(4)5)9(13)14-8(3)12/h1-2H. The van der Waals surface area contributed by atoms with Gasteiger partial charge in [0.05, 0.1) is 15.3 Å². The zero-order valence-electron chi connectivity index (χ0n) is 7.11. The number of carbonyl (C=O) groups is 2. The van der Waals surface area contributed by atoms with Gasteiger partial charge in [0.25, 0.3) is 0 Å². The molecule has 0 atom stereocenters. The molecule has 0 amide bonds. The van der Waals surface area contributed by atoms with Crippen molar-refractivity contribution >= 4 is 45.1 Å². The van der Waals surface area contributed by atoms with Gasteiger partial charge in [-0.25, -0.2) is 14.6 Å². The van der Waals surface area contributed by atoms with E-state index in [1.165, 1.54) is 11.3 Å². The Kier molecular flexibility index (Phi) is 1.63. The molecular weight excluding hydrogens is 238 g/mol. The fraction of sp³-hybridized carbons (Fsp3) is 0. The summed E-state index contributed by atoms with van der Waals surface area (Å²) in [6.45, 7) is 0. The molecule has 2 aromatic rings. The largest absolute Gasteiger partial charge is 0.384 e. The van der Waals surface area contributed by atoms with Crippen molar-refractivity contribution in [1.82, 2.24) is 4.98 Å². The van der Waals surface area contributed by atoms with Crippen molar-refractivity contribution in [2.45, 2.75) is 0 Å². The van der Waals surface area contributed by atoms with Crippen LogP contribution in [0.1, 0.15) is 20.8 Å². The van der Waals surface area contributed by atoms with E-state index in [9.17, 15) is 9.59 Å². The average molecular weight is 240 g/mol. The van der Waals surface area contributed by atoms with Crippen molar-refractivity contribution in [2.75, 3.05) is 0 Å². The zero-order chi connectivity index (χ0) is 10.6. The first-order valence-electron chi connectivity index (χ1n) is 4.01. The maximum Gasteiger partial charge on any atom is 0.365 e. The van der Waals surface area contributed by atoms with Crippen LogP contribution in [0.4, 0.5) is 0 Å². The quantitative estimate of drug-likeness (QED) is 0.523. The van der Waals surface area contributed by atoms with E-state index in [1.807, 2.05) is 0 Å². The third-order valence-corrected chi connectivity index (χ3v) is 3.44. The van der Waals surface area contributed by atoms with Gasteiger partial charge < -0.3 is 4.74 Å². The minimum absolute atomic E-state index is 0.0489. The molecule has 74 valence electrons. The van der Waals surface area contributed by atoms with E-state index in [0.717, 1.165) is 4.70 Å². The summed E-state index contributed by atoms with van der Waals surface area (Å²) >= 11 is 7.24. The van der Waals surface area contributed by atoms with Crippen molar-refractivity contribution in [3.8, 4) is 0 Å². The number of ether oxygens (including phenoxy) is 1. The highest BCUT2D eigenvalue weighted by Crippen LogP contribution is 2.31. The van der Waals surface area contributed by atoms with Crippen LogP contribution >= 0.6 is 22.9 Å². The van der Waals surface area contributed by atoms with Gasteiger partial charge in [0.1, 0.15) is 5.52 Å². The Bertz CT molecular complexity index is 619. The number of esters is 2. The lowest BCUT2D eigenvalue weighted by Gasteiger charge is -1.92. The third-order valence-electron chi connectivity index (χ3n) is 2.10. The molecule has 15 heavy (non-hydrogen) atoms. The van der Waals surface area contributed by atoms with Gasteiger partial charge >= 0.3 is 11.9 Å². The summed E-state index contributed by atoms with van der Waals surface area (Å²) in [6.07, 6.45) is 0. The average Bonchev–Trinajstić information content (AvgIpc) is 2.70. The van der Waals surface area contributed by atoms with E-state index < -0.39 is 11.9 Å². The van der Waals surface area contributed by atoms with Gasteiger partial charge in [0, 0.05) is 5.38 Å². The number of fused-ring (bicyclic) bond motifs is 2. The Morgan fingerprint density at radius 3 is 2.93 bits per heavy atom. The number of carbonyl (C=O) groups excluding carboxylic acids is 2. The summed E-state index contributed by atoms with van der Waals surface area (Å²) in [5.41, 5.74) is 0.797. The van der Waals surface area contributed by atoms with Crippen LogP contribution in [-0.2, 0) is 4.74 Å². The first-order chi connectivity index (χ1) is 7.16. The molecule has 0 bridgehead atoms. The molecule has 0 N–H and O–H groups in total. The molecular formula is C9H2ClNO3S. The molecule has 1 aliphatic rings. The van der Waals surface area contributed by atoms with Crippen LogP contribution in [0, 0.1) is 0 Å². The zero-order valence-corrected chi connectivity index (χ0v) is 8.69. The minimum Gasteiger partial charge on any atom is -0.384 e. The number of rotatable bonds is 0. The summed E-state index contributed by atoms with van der Waals surface area (Å²) in [4.78, 5) is 26.5. The number of hydrogen-bond acceptors (Lipinski definition) is 5. The molecule has 0 unspecified atom stereocenters. The monoisotopic (exact) mass is 239 g/mol. The topological polar surface area (TPSA) is 56.3 Å². The second-order valence-electron chi connectivity index (χ2n) is 2.99. The Balaban J connectivity index is 2.43. The second kappa shape index (κ2) is 2.77. The summed E-state index contributed by atoms with van der Waals surface area (Å²) < 4.78 is 5.20. The Morgan fingerprint density at radius 2 is 2.13 bits per heavy atom. The lowest BCUT2D eigenvalue weighted by Crippen LogP contribution is -1.98. The molecule has 3 heterocycles. The third kappa shape index (κ3) is 1.10. The molecule has 4 nitrogen and oxygen atoms in total. The molecule has 3 rings (SSSR count). The molecule has 0 spiro atoms. The summed E-state index contributed by atoms with van der Waals surface area (Å²) in [5, 5.41) is 2.19. The predicted molar refractivity (Wildman–Crippen MR) is 54.4 cm³/mol. The molecule has 0 radical (unpaired) electrons. The minimum atomic E-state index is -0.709. The van der Waals surface area contributed by atoms with Gasteiger partial charge in [0.15, 0.2) is 5.69 Å². The summed E-state index contributed by atoms with van der Waals surface area (Å²) in [6, 6.07) is 1.58. The lowest BCUT2D eigenvalue weighted by atomic mass is 10.2. The summed E-state index contributed by atoms with van der Waals surface area (Å²) in [5.74, 6) is -1.35. The first-order valence-corrected chi connectivity index (χ1v) is 5.27. The van der Waals surface area contributed by atoms with Crippen LogP contribution in [0.3, 0.4) is 0 Å². The number of halogens is 1. The van der Waals surface area contributed by atoms with Gasteiger partial charge in [-0.05, 0) is 6.07 Å². The molecule has 0 fully saturated rings. The molecule has 0 saturated carbocycles. The molecule has 6 heteroatoms. The molecule has 2 aromatic heterocycles. The van der Waals surface area contributed by atoms with E-state index >= 15 is 0 Å². The molecule has 0 aliphatic carbocycles. The highest BCUT2D eigenvalue weighted by Gasteiger charge is 2.32. The van der Waals surface area contributed by atoms with E-state index in [-0.39, 0.29) is 11.3 Å². The molecule has 0 saturated heterocycles. The van der Waals surface area contributed by atoms with E-state index in [2.05, 4.69) is 9.72 Å². The van der Waals surface area contributed by atoms with Gasteiger partial charge in [-0.2, -0.15) is 0 Å². The Morgan fingerprint density at radius 1 is 1.33 bits per heavy atom. The normalized spacial score (nSPS) is 14.5. The van der Waals surface area contributed by atoms with Crippen LogP contribution in [0.2, 0.25) is 5.02 Å². The lowest BCUT2D eigenvalue weighted by molar-refractivity contribution is 0.0441. The number of hydrogen-bond donors (Lipinski definition) is 0. The van der Waals surface area contributed by atoms with Crippen molar-refractivity contribution in [2.24, 2.45) is 0 Å². The number of nitrogens with zero attached hydrogens (tertiary/aromatic N) is 1. The van der Waals surface area contributed by atoms with Crippen molar-refractivity contribution in [3.05, 3.63) is 27.7 Å². The molecule has 1 aliphatic heterocycles. The number of pyridine rings is 1. The van der Waals surface area contributed by atoms with Gasteiger partial charge in [-0.15, -0.1) is 11.3 Å². The Hall–Kier alpha value is -1.46. The van der Waals surface area contributed by atoms with E-state index in [0.29, 0.717) is 10.5 Å².